The highest BCUT2D eigenvalue weighted by Gasteiger charge is 2.36. The molecule has 1 aromatic carbocycles. The minimum Gasteiger partial charge on any atom is -0.404 e. The van der Waals surface area contributed by atoms with Crippen LogP contribution < -0.4 is 4.74 Å². The standard InChI is InChI=1S/C11H12F3NO3S/c12-11(13,14)18-9-5-1-2-6-10(9)19(16,17)15-7-3-4-8-15/h1-2,5-6H,3-4,7-8H2. The molecule has 0 aromatic heterocycles. The Morgan fingerprint density at radius 3 is 2.26 bits per heavy atom. The smallest absolute Gasteiger partial charge is 0.404 e. The molecule has 2 rings (SSSR count). The van der Waals surface area contributed by atoms with Crippen molar-refractivity contribution < 1.29 is 26.3 Å². The number of benzene rings is 1. The third-order valence-corrected chi connectivity index (χ3v) is 4.70. The van der Waals surface area contributed by atoms with Gasteiger partial charge in [0, 0.05) is 13.1 Å². The van der Waals surface area contributed by atoms with Gasteiger partial charge in [0.15, 0.2) is 0 Å². The van der Waals surface area contributed by atoms with Crippen LogP contribution >= 0.6 is 0 Å². The summed E-state index contributed by atoms with van der Waals surface area (Å²) in [4.78, 5) is -0.450. The molecular weight excluding hydrogens is 283 g/mol. The summed E-state index contributed by atoms with van der Waals surface area (Å²) in [6, 6.07) is 4.78. The first-order valence-electron chi connectivity index (χ1n) is 5.66. The lowest BCUT2D eigenvalue weighted by Gasteiger charge is -2.18. The summed E-state index contributed by atoms with van der Waals surface area (Å²) in [6.45, 7) is 0.644. The van der Waals surface area contributed by atoms with Gasteiger partial charge in [-0.2, -0.15) is 4.31 Å². The van der Waals surface area contributed by atoms with Crippen LogP contribution in [0.15, 0.2) is 29.2 Å². The van der Waals surface area contributed by atoms with E-state index >= 15 is 0 Å². The quantitative estimate of drug-likeness (QED) is 0.860. The zero-order valence-electron chi connectivity index (χ0n) is 9.85. The molecule has 4 nitrogen and oxygen atoms in total. The average molecular weight is 295 g/mol. The molecule has 0 bridgehead atoms. The summed E-state index contributed by atoms with van der Waals surface area (Å²) >= 11 is 0. The molecule has 19 heavy (non-hydrogen) atoms. The van der Waals surface area contributed by atoms with Gasteiger partial charge in [0.2, 0.25) is 10.0 Å². The summed E-state index contributed by atoms with van der Waals surface area (Å²) < 4.78 is 66.2. The van der Waals surface area contributed by atoms with Crippen molar-refractivity contribution in [2.45, 2.75) is 24.1 Å². The molecule has 0 N–H and O–H groups in total. The predicted octanol–water partition coefficient (Wildman–Crippen LogP) is 2.37. The largest absolute Gasteiger partial charge is 0.573 e. The topological polar surface area (TPSA) is 46.6 Å². The SMILES string of the molecule is O=S(=O)(c1ccccc1OC(F)(F)F)N1CCCC1. The molecule has 0 spiro atoms. The fourth-order valence-corrected chi connectivity index (χ4v) is 3.57. The van der Waals surface area contributed by atoms with Crippen molar-refractivity contribution in [1.29, 1.82) is 0 Å². The van der Waals surface area contributed by atoms with Gasteiger partial charge in [-0.25, -0.2) is 8.42 Å². The second kappa shape index (κ2) is 5.01. The monoisotopic (exact) mass is 295 g/mol. The zero-order valence-corrected chi connectivity index (χ0v) is 10.7. The van der Waals surface area contributed by atoms with E-state index in [-0.39, 0.29) is 0 Å². The Labute approximate surface area is 108 Å². The number of hydrogen-bond donors (Lipinski definition) is 0. The molecule has 0 aliphatic carbocycles. The molecule has 0 unspecified atom stereocenters. The van der Waals surface area contributed by atoms with Crippen LogP contribution in [0, 0.1) is 0 Å². The normalized spacial score (nSPS) is 17.6. The predicted molar refractivity (Wildman–Crippen MR) is 61.1 cm³/mol. The Bertz CT molecular complexity index is 551. The van der Waals surface area contributed by atoms with Crippen molar-refractivity contribution >= 4 is 10.0 Å². The molecule has 1 aromatic rings. The maximum Gasteiger partial charge on any atom is 0.573 e. The number of rotatable bonds is 3. The van der Waals surface area contributed by atoms with Crippen molar-refractivity contribution in [3.05, 3.63) is 24.3 Å². The minimum absolute atomic E-state index is 0.322. The number of ether oxygens (including phenoxy) is 1. The molecule has 106 valence electrons. The lowest BCUT2D eigenvalue weighted by Crippen LogP contribution is -2.29. The van der Waals surface area contributed by atoms with Gasteiger partial charge < -0.3 is 4.74 Å². The van der Waals surface area contributed by atoms with Gasteiger partial charge in [-0.1, -0.05) is 12.1 Å². The molecular formula is C11H12F3NO3S. The summed E-state index contributed by atoms with van der Waals surface area (Å²) in [5.74, 6) is -0.693. The van der Waals surface area contributed by atoms with E-state index in [4.69, 9.17) is 0 Å². The lowest BCUT2D eigenvalue weighted by atomic mass is 10.3. The van der Waals surface area contributed by atoms with Gasteiger partial charge in [0.05, 0.1) is 0 Å². The molecule has 1 aliphatic rings. The number of nitrogens with zero attached hydrogens (tertiary/aromatic N) is 1. The number of halogens is 3. The highest BCUT2D eigenvalue weighted by Crippen LogP contribution is 2.32. The van der Waals surface area contributed by atoms with Crippen LogP contribution in [-0.2, 0) is 10.0 Å². The van der Waals surface area contributed by atoms with Gasteiger partial charge in [-0.15, -0.1) is 13.2 Å². The third-order valence-electron chi connectivity index (χ3n) is 2.76. The molecule has 1 fully saturated rings. The highest BCUT2D eigenvalue weighted by atomic mass is 32.2. The van der Waals surface area contributed by atoms with Gasteiger partial charge >= 0.3 is 6.36 Å². The molecule has 1 heterocycles. The molecule has 1 saturated heterocycles. The molecule has 1 aliphatic heterocycles. The van der Waals surface area contributed by atoms with E-state index in [2.05, 4.69) is 4.74 Å². The van der Waals surface area contributed by atoms with Crippen LogP contribution in [0.5, 0.6) is 5.75 Å². The van der Waals surface area contributed by atoms with Gasteiger partial charge in [0.25, 0.3) is 0 Å². The molecule has 0 atom stereocenters. The Balaban J connectivity index is 2.39. The van der Waals surface area contributed by atoms with E-state index in [1.165, 1.54) is 16.4 Å². The van der Waals surface area contributed by atoms with Crippen molar-refractivity contribution in [3.8, 4) is 5.75 Å². The van der Waals surface area contributed by atoms with Gasteiger partial charge in [-0.05, 0) is 25.0 Å². The molecule has 0 radical (unpaired) electrons. The summed E-state index contributed by atoms with van der Waals surface area (Å²) in [6.07, 6.45) is -3.50. The maximum absolute atomic E-state index is 12.3. The van der Waals surface area contributed by atoms with E-state index in [1.807, 2.05) is 0 Å². The van der Waals surface area contributed by atoms with Crippen LogP contribution in [0.1, 0.15) is 12.8 Å². The van der Waals surface area contributed by atoms with Crippen LogP contribution in [0.4, 0.5) is 13.2 Å². The third kappa shape index (κ3) is 3.19. The Morgan fingerprint density at radius 2 is 1.68 bits per heavy atom. The van der Waals surface area contributed by atoms with E-state index in [0.717, 1.165) is 12.1 Å². The van der Waals surface area contributed by atoms with Crippen LogP contribution in [-0.4, -0.2) is 32.2 Å². The highest BCUT2D eigenvalue weighted by molar-refractivity contribution is 7.89. The average Bonchev–Trinajstić information content (AvgIpc) is 2.81. The van der Waals surface area contributed by atoms with E-state index in [0.29, 0.717) is 25.9 Å². The Morgan fingerprint density at radius 1 is 1.11 bits per heavy atom. The summed E-state index contributed by atoms with van der Waals surface area (Å²) in [5, 5.41) is 0. The molecule has 0 amide bonds. The summed E-state index contributed by atoms with van der Waals surface area (Å²) in [5.41, 5.74) is 0. The number of sulfonamides is 1. The van der Waals surface area contributed by atoms with Crippen molar-refractivity contribution in [3.63, 3.8) is 0 Å². The first-order valence-corrected chi connectivity index (χ1v) is 7.10. The second-order valence-corrected chi connectivity index (χ2v) is 6.01. The Hall–Kier alpha value is -1.28. The van der Waals surface area contributed by atoms with Crippen LogP contribution in [0.3, 0.4) is 0 Å². The number of alkyl halides is 3. The van der Waals surface area contributed by atoms with Crippen molar-refractivity contribution in [2.24, 2.45) is 0 Å². The van der Waals surface area contributed by atoms with Gasteiger partial charge in [0.1, 0.15) is 10.6 Å². The van der Waals surface area contributed by atoms with Gasteiger partial charge in [-0.3, -0.25) is 0 Å². The summed E-state index contributed by atoms with van der Waals surface area (Å²) in [7, 11) is -3.93. The first-order chi connectivity index (χ1) is 8.81. The van der Waals surface area contributed by atoms with E-state index in [9.17, 15) is 21.6 Å². The fourth-order valence-electron chi connectivity index (χ4n) is 1.94. The van der Waals surface area contributed by atoms with Crippen molar-refractivity contribution in [2.75, 3.05) is 13.1 Å². The van der Waals surface area contributed by atoms with Crippen molar-refractivity contribution in [1.82, 2.24) is 4.31 Å². The van der Waals surface area contributed by atoms with Crippen LogP contribution in [0.2, 0.25) is 0 Å². The second-order valence-electron chi connectivity index (χ2n) is 4.11. The molecule has 0 saturated carbocycles. The fraction of sp³-hybridized carbons (Fsp3) is 0.455. The first kappa shape index (κ1) is 14.1. The van der Waals surface area contributed by atoms with E-state index in [1.54, 1.807) is 0 Å². The number of para-hydroxylation sites is 1. The Kier molecular flexibility index (Phi) is 3.73. The minimum atomic E-state index is -4.92. The van der Waals surface area contributed by atoms with E-state index < -0.39 is 27.0 Å². The lowest BCUT2D eigenvalue weighted by molar-refractivity contribution is -0.275. The molecule has 8 heteroatoms. The maximum atomic E-state index is 12.3. The zero-order chi connectivity index (χ0) is 14.1. The van der Waals surface area contributed by atoms with Crippen LogP contribution in [0.25, 0.3) is 0 Å². The number of hydrogen-bond acceptors (Lipinski definition) is 3.